The van der Waals surface area contributed by atoms with Crippen LogP contribution in [0.3, 0.4) is 0 Å². The number of hydrogen-bond donors (Lipinski definition) is 0. The Hall–Kier alpha value is -2.44. The quantitative estimate of drug-likeness (QED) is 0.300. The molecule has 1 aromatic carbocycles. The number of rotatable bonds is 9. The fourth-order valence-electron chi connectivity index (χ4n) is 2.11. The van der Waals surface area contributed by atoms with Crippen molar-refractivity contribution in [3.8, 4) is 0 Å². The molecule has 1 aromatic rings. The fraction of sp³-hybridized carbons (Fsp3) is 0.500. The summed E-state index contributed by atoms with van der Waals surface area (Å²) in [6.07, 6.45) is 1.49. The number of nitro groups is 1. The third kappa shape index (κ3) is 6.06. The highest BCUT2D eigenvalue weighted by Gasteiger charge is 2.28. The van der Waals surface area contributed by atoms with E-state index >= 15 is 0 Å². The standard InChI is InChI=1S/C16H21NO6/c1-3-22-15(18)14(16(19)23-4-2)7-5-6-12-8-10-13(11-9-12)17(20)21/h8-11,14H,3-7H2,1-2H3. The predicted molar refractivity (Wildman–Crippen MR) is 82.8 cm³/mol. The third-order valence-electron chi connectivity index (χ3n) is 3.25. The summed E-state index contributed by atoms with van der Waals surface area (Å²) in [6.45, 7) is 3.77. The van der Waals surface area contributed by atoms with Crippen LogP contribution in [0.2, 0.25) is 0 Å². The van der Waals surface area contributed by atoms with Gasteiger partial charge in [-0.25, -0.2) is 0 Å². The lowest BCUT2D eigenvalue weighted by molar-refractivity contribution is -0.384. The van der Waals surface area contributed by atoms with Gasteiger partial charge >= 0.3 is 11.9 Å². The number of aryl methyl sites for hydroxylation is 1. The Morgan fingerprint density at radius 3 is 2.04 bits per heavy atom. The second kappa shape index (κ2) is 9.55. The Balaban J connectivity index is 2.58. The molecule has 126 valence electrons. The van der Waals surface area contributed by atoms with E-state index in [0.717, 1.165) is 5.56 Å². The molecular weight excluding hydrogens is 302 g/mol. The molecule has 0 bridgehead atoms. The Labute approximate surface area is 134 Å². The van der Waals surface area contributed by atoms with Crippen molar-refractivity contribution >= 4 is 17.6 Å². The van der Waals surface area contributed by atoms with Crippen LogP contribution in [0.4, 0.5) is 5.69 Å². The van der Waals surface area contributed by atoms with Crippen molar-refractivity contribution in [2.75, 3.05) is 13.2 Å². The maximum atomic E-state index is 11.8. The van der Waals surface area contributed by atoms with Gasteiger partial charge in [-0.15, -0.1) is 0 Å². The molecule has 0 N–H and O–H groups in total. The first kappa shape index (κ1) is 18.6. The predicted octanol–water partition coefficient (Wildman–Crippen LogP) is 2.66. The molecule has 0 aliphatic carbocycles. The van der Waals surface area contributed by atoms with Crippen LogP contribution in [0.25, 0.3) is 0 Å². The Morgan fingerprint density at radius 2 is 1.61 bits per heavy atom. The molecule has 0 heterocycles. The molecular formula is C16H21NO6. The fourth-order valence-corrected chi connectivity index (χ4v) is 2.11. The van der Waals surface area contributed by atoms with Gasteiger partial charge in [-0.05, 0) is 38.7 Å². The van der Waals surface area contributed by atoms with Crippen LogP contribution in [0, 0.1) is 16.0 Å². The van der Waals surface area contributed by atoms with Gasteiger partial charge in [0.2, 0.25) is 0 Å². The Kier molecular flexibility index (Phi) is 7.73. The summed E-state index contributed by atoms with van der Waals surface area (Å²) in [5, 5.41) is 10.6. The maximum absolute atomic E-state index is 11.8. The number of carbonyl (C=O) groups is 2. The van der Waals surface area contributed by atoms with Gasteiger partial charge in [0.1, 0.15) is 0 Å². The summed E-state index contributed by atoms with van der Waals surface area (Å²) in [6, 6.07) is 6.21. The summed E-state index contributed by atoms with van der Waals surface area (Å²) in [5.41, 5.74) is 0.937. The lowest BCUT2D eigenvalue weighted by Crippen LogP contribution is -2.28. The van der Waals surface area contributed by atoms with Crippen LogP contribution >= 0.6 is 0 Å². The molecule has 1 rings (SSSR count). The van der Waals surface area contributed by atoms with E-state index in [4.69, 9.17) is 9.47 Å². The number of nitro benzene ring substituents is 1. The number of hydrogen-bond acceptors (Lipinski definition) is 6. The van der Waals surface area contributed by atoms with Gasteiger partial charge in [0, 0.05) is 12.1 Å². The number of nitrogens with zero attached hydrogens (tertiary/aromatic N) is 1. The molecule has 7 nitrogen and oxygen atoms in total. The van der Waals surface area contributed by atoms with E-state index in [9.17, 15) is 19.7 Å². The van der Waals surface area contributed by atoms with Gasteiger partial charge in [-0.3, -0.25) is 19.7 Å². The zero-order valence-electron chi connectivity index (χ0n) is 13.3. The monoisotopic (exact) mass is 323 g/mol. The highest BCUT2D eigenvalue weighted by Crippen LogP contribution is 2.17. The molecule has 7 heteroatoms. The van der Waals surface area contributed by atoms with Gasteiger partial charge in [-0.1, -0.05) is 12.1 Å². The smallest absolute Gasteiger partial charge is 0.320 e. The zero-order chi connectivity index (χ0) is 17.2. The minimum atomic E-state index is -0.923. The molecule has 0 spiro atoms. The van der Waals surface area contributed by atoms with Gasteiger partial charge in [0.25, 0.3) is 5.69 Å². The largest absolute Gasteiger partial charge is 0.465 e. The molecule has 23 heavy (non-hydrogen) atoms. The van der Waals surface area contributed by atoms with Crippen molar-refractivity contribution in [1.29, 1.82) is 0 Å². The number of benzene rings is 1. The first-order valence-corrected chi connectivity index (χ1v) is 7.56. The van der Waals surface area contributed by atoms with Crippen LogP contribution in [-0.4, -0.2) is 30.1 Å². The normalized spacial score (nSPS) is 10.4. The van der Waals surface area contributed by atoms with Crippen molar-refractivity contribution in [3.63, 3.8) is 0 Å². The molecule has 0 fully saturated rings. The summed E-state index contributed by atoms with van der Waals surface area (Å²) in [7, 11) is 0. The minimum Gasteiger partial charge on any atom is -0.465 e. The molecule has 0 amide bonds. The van der Waals surface area contributed by atoms with E-state index in [1.54, 1.807) is 26.0 Å². The van der Waals surface area contributed by atoms with Gasteiger partial charge in [0.15, 0.2) is 5.92 Å². The van der Waals surface area contributed by atoms with Crippen LogP contribution in [0.1, 0.15) is 32.3 Å². The number of carbonyl (C=O) groups excluding carboxylic acids is 2. The van der Waals surface area contributed by atoms with Crippen molar-refractivity contribution in [2.45, 2.75) is 33.1 Å². The van der Waals surface area contributed by atoms with Crippen LogP contribution in [0.15, 0.2) is 24.3 Å². The summed E-state index contributed by atoms with van der Waals surface area (Å²) in [5.74, 6) is -2.07. The first-order valence-electron chi connectivity index (χ1n) is 7.56. The second-order valence-electron chi connectivity index (χ2n) is 4.87. The van der Waals surface area contributed by atoms with E-state index in [-0.39, 0.29) is 18.9 Å². The number of esters is 2. The summed E-state index contributed by atoms with van der Waals surface area (Å²) in [4.78, 5) is 33.8. The Bertz CT molecular complexity index is 522. The third-order valence-corrected chi connectivity index (χ3v) is 3.25. The van der Waals surface area contributed by atoms with E-state index in [1.807, 2.05) is 0 Å². The minimum absolute atomic E-state index is 0.0321. The topological polar surface area (TPSA) is 95.7 Å². The first-order chi connectivity index (χ1) is 11.0. The van der Waals surface area contributed by atoms with Crippen LogP contribution in [-0.2, 0) is 25.5 Å². The highest BCUT2D eigenvalue weighted by atomic mass is 16.6. The lowest BCUT2D eigenvalue weighted by atomic mass is 9.99. The van der Waals surface area contributed by atoms with Gasteiger partial charge in [0.05, 0.1) is 18.1 Å². The molecule has 0 radical (unpaired) electrons. The molecule has 0 aliphatic rings. The Morgan fingerprint density at radius 1 is 1.09 bits per heavy atom. The average molecular weight is 323 g/mol. The molecule has 0 aromatic heterocycles. The molecule has 0 saturated heterocycles. The summed E-state index contributed by atoms with van der Waals surface area (Å²) >= 11 is 0. The molecule has 0 saturated carbocycles. The van der Waals surface area contributed by atoms with Crippen molar-refractivity contribution in [3.05, 3.63) is 39.9 Å². The number of non-ortho nitro benzene ring substituents is 1. The van der Waals surface area contributed by atoms with Crippen LogP contribution < -0.4 is 0 Å². The summed E-state index contributed by atoms with van der Waals surface area (Å²) < 4.78 is 9.80. The maximum Gasteiger partial charge on any atom is 0.320 e. The van der Waals surface area contributed by atoms with Crippen molar-refractivity contribution < 1.29 is 24.0 Å². The molecule has 0 aliphatic heterocycles. The molecule has 0 atom stereocenters. The second-order valence-corrected chi connectivity index (χ2v) is 4.87. The van der Waals surface area contributed by atoms with Crippen molar-refractivity contribution in [1.82, 2.24) is 0 Å². The highest BCUT2D eigenvalue weighted by molar-refractivity contribution is 5.94. The van der Waals surface area contributed by atoms with Crippen molar-refractivity contribution in [2.24, 2.45) is 5.92 Å². The van der Waals surface area contributed by atoms with Gasteiger partial charge < -0.3 is 9.47 Å². The van der Waals surface area contributed by atoms with E-state index < -0.39 is 22.8 Å². The zero-order valence-corrected chi connectivity index (χ0v) is 13.3. The van der Waals surface area contributed by atoms with E-state index in [0.29, 0.717) is 19.3 Å². The van der Waals surface area contributed by atoms with E-state index in [1.165, 1.54) is 12.1 Å². The molecule has 0 unspecified atom stereocenters. The SMILES string of the molecule is CCOC(=O)C(CCCc1ccc([N+](=O)[O-])cc1)C(=O)OCC. The number of ether oxygens (including phenoxy) is 2. The average Bonchev–Trinajstić information content (AvgIpc) is 2.52. The van der Waals surface area contributed by atoms with Gasteiger partial charge in [-0.2, -0.15) is 0 Å². The van der Waals surface area contributed by atoms with E-state index in [2.05, 4.69) is 0 Å². The lowest BCUT2D eigenvalue weighted by Gasteiger charge is -2.14. The van der Waals surface area contributed by atoms with Crippen LogP contribution in [0.5, 0.6) is 0 Å².